The highest BCUT2D eigenvalue weighted by Gasteiger charge is 2.25. The van der Waals surface area contributed by atoms with E-state index in [9.17, 15) is 5.11 Å². The van der Waals surface area contributed by atoms with Gasteiger partial charge in [0.25, 0.3) is 0 Å². The summed E-state index contributed by atoms with van der Waals surface area (Å²) in [6.45, 7) is 8.02. The van der Waals surface area contributed by atoms with Gasteiger partial charge in [-0.15, -0.1) is 11.3 Å². The zero-order valence-electron chi connectivity index (χ0n) is 12.3. The second kappa shape index (κ2) is 6.82. The van der Waals surface area contributed by atoms with Crippen molar-refractivity contribution in [2.45, 2.75) is 64.5 Å². The van der Waals surface area contributed by atoms with E-state index in [4.69, 9.17) is 4.98 Å². The number of hydrogen-bond acceptors (Lipinski definition) is 4. The van der Waals surface area contributed by atoms with Crippen LogP contribution in [-0.4, -0.2) is 40.2 Å². The highest BCUT2D eigenvalue weighted by atomic mass is 32.1. The number of likely N-dealkylation sites (tertiary alicyclic amines) is 1. The Morgan fingerprint density at radius 2 is 2.21 bits per heavy atom. The van der Waals surface area contributed by atoms with Crippen LogP contribution in [0.25, 0.3) is 0 Å². The standard InChI is InChI=1S/C15H26N2OS/c1-11(2)17-7-5-4-6-13(17)8-15-16-14(10-19-15)12(3)9-18/h10-13,18H,4-9H2,1-3H3. The average molecular weight is 282 g/mol. The van der Waals surface area contributed by atoms with E-state index in [1.54, 1.807) is 11.3 Å². The molecule has 1 aromatic heterocycles. The third kappa shape index (κ3) is 3.77. The molecule has 2 atom stereocenters. The third-order valence-electron chi connectivity index (χ3n) is 4.09. The van der Waals surface area contributed by atoms with Crippen LogP contribution in [0.5, 0.6) is 0 Å². The van der Waals surface area contributed by atoms with Crippen molar-refractivity contribution in [2.75, 3.05) is 13.2 Å². The van der Waals surface area contributed by atoms with Crippen molar-refractivity contribution in [3.8, 4) is 0 Å². The average Bonchev–Trinajstić information content (AvgIpc) is 2.86. The number of piperidine rings is 1. The van der Waals surface area contributed by atoms with Crippen molar-refractivity contribution in [1.82, 2.24) is 9.88 Å². The lowest BCUT2D eigenvalue weighted by Gasteiger charge is -2.38. The van der Waals surface area contributed by atoms with Crippen LogP contribution < -0.4 is 0 Å². The molecule has 19 heavy (non-hydrogen) atoms. The van der Waals surface area contributed by atoms with Crippen molar-refractivity contribution in [2.24, 2.45) is 0 Å². The van der Waals surface area contributed by atoms with Gasteiger partial charge in [-0.2, -0.15) is 0 Å². The molecule has 1 fully saturated rings. The van der Waals surface area contributed by atoms with Crippen LogP contribution in [0.3, 0.4) is 0 Å². The van der Waals surface area contributed by atoms with E-state index >= 15 is 0 Å². The minimum absolute atomic E-state index is 0.164. The van der Waals surface area contributed by atoms with Crippen molar-refractivity contribution < 1.29 is 5.11 Å². The molecule has 0 aliphatic carbocycles. The number of aliphatic hydroxyl groups excluding tert-OH is 1. The van der Waals surface area contributed by atoms with Crippen LogP contribution in [0, 0.1) is 0 Å². The van der Waals surface area contributed by atoms with Crippen molar-refractivity contribution >= 4 is 11.3 Å². The molecular formula is C15H26N2OS. The van der Waals surface area contributed by atoms with E-state index < -0.39 is 0 Å². The summed E-state index contributed by atoms with van der Waals surface area (Å²) in [5.41, 5.74) is 1.05. The summed E-state index contributed by atoms with van der Waals surface area (Å²) in [5.74, 6) is 0.164. The number of hydrogen-bond donors (Lipinski definition) is 1. The van der Waals surface area contributed by atoms with Crippen LogP contribution in [0.2, 0.25) is 0 Å². The lowest BCUT2D eigenvalue weighted by atomic mass is 9.98. The van der Waals surface area contributed by atoms with Gasteiger partial charge in [-0.05, 0) is 33.2 Å². The number of aliphatic hydroxyl groups is 1. The van der Waals surface area contributed by atoms with Gasteiger partial charge in [-0.1, -0.05) is 13.3 Å². The number of thiazole rings is 1. The topological polar surface area (TPSA) is 36.4 Å². The quantitative estimate of drug-likeness (QED) is 0.902. The first-order valence-corrected chi connectivity index (χ1v) is 8.30. The minimum atomic E-state index is 0.164. The van der Waals surface area contributed by atoms with Crippen LogP contribution in [0.4, 0.5) is 0 Å². The predicted octanol–water partition coefficient (Wildman–Crippen LogP) is 3.04. The number of aromatic nitrogens is 1. The second-order valence-electron chi connectivity index (χ2n) is 5.94. The first-order valence-electron chi connectivity index (χ1n) is 7.42. The Balaban J connectivity index is 2.00. The SMILES string of the molecule is CC(CO)c1csc(CC2CCCCN2C(C)C)n1. The van der Waals surface area contributed by atoms with E-state index in [-0.39, 0.29) is 12.5 Å². The largest absolute Gasteiger partial charge is 0.396 e. The molecule has 1 saturated heterocycles. The molecular weight excluding hydrogens is 256 g/mol. The molecule has 0 amide bonds. The Hall–Kier alpha value is -0.450. The van der Waals surface area contributed by atoms with Crippen molar-refractivity contribution in [1.29, 1.82) is 0 Å². The summed E-state index contributed by atoms with van der Waals surface area (Å²) in [6.07, 6.45) is 5.04. The molecule has 0 saturated carbocycles. The Labute approximate surface area is 120 Å². The maximum absolute atomic E-state index is 9.19. The Morgan fingerprint density at radius 3 is 2.89 bits per heavy atom. The smallest absolute Gasteiger partial charge is 0.0944 e. The van der Waals surface area contributed by atoms with Crippen molar-refractivity contribution in [3.05, 3.63) is 16.1 Å². The van der Waals surface area contributed by atoms with Gasteiger partial charge < -0.3 is 5.11 Å². The minimum Gasteiger partial charge on any atom is -0.396 e. The van der Waals surface area contributed by atoms with E-state index in [1.165, 1.54) is 30.8 Å². The van der Waals surface area contributed by atoms with Gasteiger partial charge in [0.1, 0.15) is 0 Å². The van der Waals surface area contributed by atoms with Crippen LogP contribution in [0.1, 0.15) is 56.7 Å². The van der Waals surface area contributed by atoms with Gasteiger partial charge in [0, 0.05) is 29.8 Å². The molecule has 1 aromatic rings. The Bertz CT molecular complexity index is 391. The molecule has 0 bridgehead atoms. The van der Waals surface area contributed by atoms with Crippen LogP contribution in [0.15, 0.2) is 5.38 Å². The fraction of sp³-hybridized carbons (Fsp3) is 0.800. The van der Waals surface area contributed by atoms with E-state index in [1.807, 2.05) is 6.92 Å². The Morgan fingerprint density at radius 1 is 1.42 bits per heavy atom. The van der Waals surface area contributed by atoms with Gasteiger partial charge in [-0.3, -0.25) is 4.90 Å². The van der Waals surface area contributed by atoms with Gasteiger partial charge in [0.2, 0.25) is 0 Å². The highest BCUT2D eigenvalue weighted by molar-refractivity contribution is 7.09. The van der Waals surface area contributed by atoms with Gasteiger partial charge >= 0.3 is 0 Å². The van der Waals surface area contributed by atoms with Crippen molar-refractivity contribution in [3.63, 3.8) is 0 Å². The summed E-state index contributed by atoms with van der Waals surface area (Å²) in [5, 5.41) is 12.5. The van der Waals surface area contributed by atoms with Crippen LogP contribution in [-0.2, 0) is 6.42 Å². The molecule has 3 nitrogen and oxygen atoms in total. The molecule has 2 rings (SSSR count). The Kier molecular flexibility index (Phi) is 5.37. The maximum Gasteiger partial charge on any atom is 0.0944 e. The molecule has 2 heterocycles. The summed E-state index contributed by atoms with van der Waals surface area (Å²) in [6, 6.07) is 1.28. The van der Waals surface area contributed by atoms with Gasteiger partial charge in [0.05, 0.1) is 17.3 Å². The highest BCUT2D eigenvalue weighted by Crippen LogP contribution is 2.25. The first kappa shape index (κ1) is 14.9. The zero-order chi connectivity index (χ0) is 13.8. The maximum atomic E-state index is 9.19. The monoisotopic (exact) mass is 282 g/mol. The van der Waals surface area contributed by atoms with Gasteiger partial charge in [-0.25, -0.2) is 4.98 Å². The second-order valence-corrected chi connectivity index (χ2v) is 6.88. The molecule has 0 radical (unpaired) electrons. The number of nitrogens with zero attached hydrogens (tertiary/aromatic N) is 2. The van der Waals surface area contributed by atoms with E-state index in [0.717, 1.165) is 12.1 Å². The molecule has 1 N–H and O–H groups in total. The molecule has 0 spiro atoms. The van der Waals surface area contributed by atoms with Crippen LogP contribution >= 0.6 is 11.3 Å². The lowest BCUT2D eigenvalue weighted by Crippen LogP contribution is -2.44. The zero-order valence-corrected chi connectivity index (χ0v) is 13.1. The summed E-state index contributed by atoms with van der Waals surface area (Å²) in [7, 11) is 0. The summed E-state index contributed by atoms with van der Waals surface area (Å²) in [4.78, 5) is 7.33. The number of rotatable bonds is 5. The predicted molar refractivity (Wildman–Crippen MR) is 80.8 cm³/mol. The lowest BCUT2D eigenvalue weighted by molar-refractivity contribution is 0.111. The molecule has 2 unspecified atom stereocenters. The van der Waals surface area contributed by atoms with E-state index in [2.05, 4.69) is 24.1 Å². The summed E-state index contributed by atoms with van der Waals surface area (Å²) >= 11 is 1.75. The fourth-order valence-electron chi connectivity index (χ4n) is 2.86. The van der Waals surface area contributed by atoms with E-state index in [0.29, 0.717) is 12.1 Å². The molecule has 4 heteroatoms. The molecule has 1 aliphatic rings. The third-order valence-corrected chi connectivity index (χ3v) is 4.98. The molecule has 108 valence electrons. The molecule has 1 aliphatic heterocycles. The summed E-state index contributed by atoms with van der Waals surface area (Å²) < 4.78 is 0. The first-order chi connectivity index (χ1) is 9.11. The molecule has 0 aromatic carbocycles. The van der Waals surface area contributed by atoms with Gasteiger partial charge in [0.15, 0.2) is 0 Å². The fourth-order valence-corrected chi connectivity index (χ4v) is 3.85. The normalized spacial score (nSPS) is 22.9.